The minimum atomic E-state index is -3.70. The number of benzene rings is 1. The van der Waals surface area contributed by atoms with Crippen LogP contribution in [-0.2, 0) is 11.9 Å². The van der Waals surface area contributed by atoms with Gasteiger partial charge in [-0.2, -0.15) is 19.0 Å². The Kier molecular flexibility index (Phi) is 5.36. The van der Waals surface area contributed by atoms with Crippen molar-refractivity contribution in [1.29, 1.82) is 0 Å². The summed E-state index contributed by atoms with van der Waals surface area (Å²) in [5, 5.41) is 7.02. The fourth-order valence-corrected chi connectivity index (χ4v) is 3.26. The highest BCUT2D eigenvalue weighted by Gasteiger charge is 2.32. The molecule has 31 heavy (non-hydrogen) atoms. The highest BCUT2D eigenvalue weighted by molar-refractivity contribution is 6.33. The van der Waals surface area contributed by atoms with Crippen LogP contribution in [-0.4, -0.2) is 30.3 Å². The summed E-state index contributed by atoms with van der Waals surface area (Å²) in [6.45, 7) is 1.81. The molecule has 0 aliphatic carbocycles. The molecule has 0 fully saturated rings. The SMILES string of the molecule is Cc1cc(C(F)(F)Cl)n2nc(C(=O)Nc3nn(Cc4ccc(F)cc4)cc3Cl)cc2n1. The van der Waals surface area contributed by atoms with Gasteiger partial charge in [-0.05, 0) is 42.3 Å². The van der Waals surface area contributed by atoms with Crippen molar-refractivity contribution in [3.8, 4) is 0 Å². The zero-order valence-electron chi connectivity index (χ0n) is 15.8. The van der Waals surface area contributed by atoms with E-state index in [-0.39, 0.29) is 33.7 Å². The summed E-state index contributed by atoms with van der Waals surface area (Å²) in [4.78, 5) is 16.7. The van der Waals surface area contributed by atoms with Crippen LogP contribution >= 0.6 is 23.2 Å². The Morgan fingerprint density at radius 1 is 1.19 bits per heavy atom. The van der Waals surface area contributed by atoms with Crippen molar-refractivity contribution in [2.45, 2.75) is 18.9 Å². The summed E-state index contributed by atoms with van der Waals surface area (Å²) in [5.74, 6) is -1.03. The van der Waals surface area contributed by atoms with E-state index >= 15 is 0 Å². The number of anilines is 1. The van der Waals surface area contributed by atoms with Crippen LogP contribution in [0.15, 0.2) is 42.6 Å². The van der Waals surface area contributed by atoms with E-state index < -0.39 is 17.0 Å². The molecule has 7 nitrogen and oxygen atoms in total. The number of carbonyl (C=O) groups excluding carboxylic acids is 1. The van der Waals surface area contributed by atoms with Crippen LogP contribution in [0.5, 0.6) is 0 Å². The number of nitrogens with one attached hydrogen (secondary N) is 1. The molecule has 0 bridgehead atoms. The maximum atomic E-state index is 13.7. The van der Waals surface area contributed by atoms with Gasteiger partial charge in [-0.15, -0.1) is 0 Å². The summed E-state index contributed by atoms with van der Waals surface area (Å²) in [7, 11) is 0. The number of aryl methyl sites for hydroxylation is 1. The van der Waals surface area contributed by atoms with Crippen LogP contribution in [0.3, 0.4) is 0 Å². The normalized spacial score (nSPS) is 11.8. The van der Waals surface area contributed by atoms with Gasteiger partial charge in [-0.25, -0.2) is 13.9 Å². The largest absolute Gasteiger partial charge is 0.364 e. The van der Waals surface area contributed by atoms with Gasteiger partial charge < -0.3 is 5.32 Å². The fourth-order valence-electron chi connectivity index (χ4n) is 2.92. The van der Waals surface area contributed by atoms with Crippen LogP contribution < -0.4 is 5.32 Å². The first-order valence-corrected chi connectivity index (χ1v) is 9.59. The molecular weight excluding hydrogens is 456 g/mol. The van der Waals surface area contributed by atoms with Crippen molar-refractivity contribution in [2.24, 2.45) is 0 Å². The van der Waals surface area contributed by atoms with Crippen molar-refractivity contribution in [1.82, 2.24) is 24.4 Å². The van der Waals surface area contributed by atoms with Gasteiger partial charge in [0.2, 0.25) is 0 Å². The Morgan fingerprint density at radius 2 is 1.90 bits per heavy atom. The Labute approximate surface area is 183 Å². The molecule has 3 aromatic heterocycles. The summed E-state index contributed by atoms with van der Waals surface area (Å²) < 4.78 is 42.7. The first kappa shape index (κ1) is 21.1. The van der Waals surface area contributed by atoms with Crippen molar-refractivity contribution < 1.29 is 18.0 Å². The Bertz CT molecular complexity index is 1280. The summed E-state index contributed by atoms with van der Waals surface area (Å²) in [6, 6.07) is 8.17. The lowest BCUT2D eigenvalue weighted by molar-refractivity contribution is 0.0868. The molecule has 1 aromatic carbocycles. The van der Waals surface area contributed by atoms with Crippen LogP contribution in [0.1, 0.15) is 27.4 Å². The maximum absolute atomic E-state index is 13.7. The summed E-state index contributed by atoms with van der Waals surface area (Å²) >= 11 is 11.3. The van der Waals surface area contributed by atoms with E-state index in [4.69, 9.17) is 23.2 Å². The Hall–Kier alpha value is -3.11. The molecular formula is C19H13Cl2F3N6O. The smallest absolute Gasteiger partial charge is 0.302 e. The molecule has 0 saturated carbocycles. The molecule has 0 saturated heterocycles. The number of hydrogen-bond donors (Lipinski definition) is 1. The predicted octanol–water partition coefficient (Wildman–Crippen LogP) is 4.62. The third kappa shape index (κ3) is 4.49. The van der Waals surface area contributed by atoms with Crippen molar-refractivity contribution in [3.05, 3.63) is 76.1 Å². The molecule has 0 aliphatic rings. The molecule has 160 valence electrons. The molecule has 4 aromatic rings. The third-order valence-corrected chi connectivity index (χ3v) is 4.76. The van der Waals surface area contributed by atoms with Crippen LogP contribution in [0.4, 0.5) is 19.0 Å². The second-order valence-corrected chi connectivity index (χ2v) is 7.57. The molecule has 0 unspecified atom stereocenters. The number of rotatable bonds is 5. The summed E-state index contributed by atoms with van der Waals surface area (Å²) in [6.07, 6.45) is 1.49. The van der Waals surface area contributed by atoms with E-state index in [0.29, 0.717) is 6.54 Å². The lowest BCUT2D eigenvalue weighted by Gasteiger charge is -2.10. The van der Waals surface area contributed by atoms with Gasteiger partial charge in [-0.1, -0.05) is 23.7 Å². The zero-order valence-corrected chi connectivity index (χ0v) is 17.3. The standard InChI is InChI=1S/C19H13Cl2F3N6O/c1-10-6-15(19(21,23)24)30-16(25-10)7-14(27-30)18(31)26-17-13(20)9-29(28-17)8-11-2-4-12(22)5-3-11/h2-7,9H,8H2,1H3,(H,26,28,31). The molecule has 12 heteroatoms. The van der Waals surface area contributed by atoms with Gasteiger partial charge in [0, 0.05) is 18.0 Å². The monoisotopic (exact) mass is 468 g/mol. The lowest BCUT2D eigenvalue weighted by atomic mass is 10.2. The zero-order chi connectivity index (χ0) is 22.3. The number of hydrogen-bond acceptors (Lipinski definition) is 4. The van der Waals surface area contributed by atoms with Crippen molar-refractivity contribution in [3.63, 3.8) is 0 Å². The molecule has 4 rings (SSSR count). The average Bonchev–Trinajstić information content (AvgIpc) is 3.25. The second-order valence-electron chi connectivity index (χ2n) is 6.68. The third-order valence-electron chi connectivity index (χ3n) is 4.29. The predicted molar refractivity (Wildman–Crippen MR) is 108 cm³/mol. The Balaban J connectivity index is 1.58. The molecule has 0 aliphatic heterocycles. The number of nitrogens with zero attached hydrogens (tertiary/aromatic N) is 5. The lowest BCUT2D eigenvalue weighted by Crippen LogP contribution is -2.16. The number of aromatic nitrogens is 5. The fraction of sp³-hybridized carbons (Fsp3) is 0.158. The van der Waals surface area contributed by atoms with Crippen molar-refractivity contribution >= 4 is 40.6 Å². The molecule has 0 radical (unpaired) electrons. The Morgan fingerprint density at radius 3 is 2.58 bits per heavy atom. The van der Waals surface area contributed by atoms with Crippen LogP contribution in [0.25, 0.3) is 5.65 Å². The second kappa shape index (κ2) is 7.86. The molecule has 3 heterocycles. The minimum absolute atomic E-state index is 0.0356. The van der Waals surface area contributed by atoms with E-state index in [1.165, 1.54) is 36.0 Å². The first-order chi connectivity index (χ1) is 14.6. The maximum Gasteiger partial charge on any atom is 0.364 e. The first-order valence-electron chi connectivity index (χ1n) is 8.83. The van der Waals surface area contributed by atoms with Gasteiger partial charge in [0.25, 0.3) is 5.91 Å². The minimum Gasteiger partial charge on any atom is -0.302 e. The number of halogens is 5. The molecule has 0 spiro atoms. The van der Waals surface area contributed by atoms with Crippen LogP contribution in [0.2, 0.25) is 5.02 Å². The van der Waals surface area contributed by atoms with E-state index in [1.54, 1.807) is 12.1 Å². The van der Waals surface area contributed by atoms with Gasteiger partial charge >= 0.3 is 5.38 Å². The van der Waals surface area contributed by atoms with E-state index in [2.05, 4.69) is 20.5 Å². The van der Waals surface area contributed by atoms with Gasteiger partial charge in [-0.3, -0.25) is 9.48 Å². The van der Waals surface area contributed by atoms with Crippen molar-refractivity contribution in [2.75, 3.05) is 5.32 Å². The number of alkyl halides is 3. The number of amides is 1. The van der Waals surface area contributed by atoms with Gasteiger partial charge in [0.15, 0.2) is 17.2 Å². The highest BCUT2D eigenvalue weighted by Crippen LogP contribution is 2.32. The van der Waals surface area contributed by atoms with E-state index in [0.717, 1.165) is 16.1 Å². The van der Waals surface area contributed by atoms with E-state index in [1.807, 2.05) is 0 Å². The number of carbonyl (C=O) groups is 1. The topological polar surface area (TPSA) is 77.1 Å². The molecule has 0 atom stereocenters. The summed E-state index contributed by atoms with van der Waals surface area (Å²) in [5.41, 5.74) is 0.308. The molecule has 1 N–H and O–H groups in total. The van der Waals surface area contributed by atoms with Gasteiger partial charge in [0.1, 0.15) is 16.5 Å². The van der Waals surface area contributed by atoms with Gasteiger partial charge in [0.05, 0.1) is 6.54 Å². The molecule has 1 amide bonds. The quantitative estimate of drug-likeness (QED) is 0.433. The highest BCUT2D eigenvalue weighted by atomic mass is 35.5. The van der Waals surface area contributed by atoms with Crippen LogP contribution in [0, 0.1) is 12.7 Å². The van der Waals surface area contributed by atoms with E-state index in [9.17, 15) is 18.0 Å². The number of fused-ring (bicyclic) bond motifs is 1. The average molecular weight is 469 g/mol.